The van der Waals surface area contributed by atoms with Crippen LogP contribution in [0.4, 0.5) is 5.82 Å². The number of nitrogens with zero attached hydrogens (tertiary/aromatic N) is 1. The lowest BCUT2D eigenvalue weighted by atomic mass is 10.0. The van der Waals surface area contributed by atoms with Crippen LogP contribution in [0.25, 0.3) is 10.9 Å². The number of para-hydroxylation sites is 1. The lowest BCUT2D eigenvalue weighted by molar-refractivity contribution is 0.396. The van der Waals surface area contributed by atoms with E-state index < -0.39 is 0 Å². The van der Waals surface area contributed by atoms with Crippen LogP contribution in [-0.2, 0) is 0 Å². The summed E-state index contributed by atoms with van der Waals surface area (Å²) in [7, 11) is 0. The van der Waals surface area contributed by atoms with E-state index in [9.17, 15) is 0 Å². The minimum Gasteiger partial charge on any atom is -0.367 e. The molecule has 2 unspecified atom stereocenters. The van der Waals surface area contributed by atoms with Crippen LogP contribution < -0.4 is 10.6 Å². The molecule has 2 aromatic rings. The fourth-order valence-electron chi connectivity index (χ4n) is 2.82. The maximum atomic E-state index is 4.76. The first-order valence-electron chi connectivity index (χ1n) is 7.08. The van der Waals surface area contributed by atoms with Crippen molar-refractivity contribution in [2.75, 3.05) is 11.9 Å². The van der Waals surface area contributed by atoms with Gasteiger partial charge >= 0.3 is 0 Å². The van der Waals surface area contributed by atoms with Crippen LogP contribution in [0, 0.1) is 6.92 Å². The first kappa shape index (κ1) is 12.4. The van der Waals surface area contributed by atoms with Crippen molar-refractivity contribution in [3.63, 3.8) is 0 Å². The molecule has 2 atom stereocenters. The molecule has 0 radical (unpaired) electrons. The Morgan fingerprint density at radius 1 is 1.32 bits per heavy atom. The zero-order valence-corrected chi connectivity index (χ0v) is 11.6. The number of aryl methyl sites for hydroxylation is 1. The predicted octanol–water partition coefficient (Wildman–Crippen LogP) is 3.10. The number of aromatic nitrogens is 1. The third-order valence-corrected chi connectivity index (χ3v) is 3.88. The monoisotopic (exact) mass is 255 g/mol. The maximum Gasteiger partial charge on any atom is 0.129 e. The summed E-state index contributed by atoms with van der Waals surface area (Å²) < 4.78 is 0. The van der Waals surface area contributed by atoms with Gasteiger partial charge in [0.2, 0.25) is 0 Å². The Hall–Kier alpha value is -1.61. The smallest absolute Gasteiger partial charge is 0.129 e. The van der Waals surface area contributed by atoms with Gasteiger partial charge in [0.05, 0.1) is 5.52 Å². The third-order valence-electron chi connectivity index (χ3n) is 3.88. The minimum absolute atomic E-state index is 0.531. The largest absolute Gasteiger partial charge is 0.367 e. The van der Waals surface area contributed by atoms with E-state index in [1.54, 1.807) is 0 Å². The fraction of sp³-hybridized carbons (Fsp3) is 0.438. The number of nitrogens with one attached hydrogen (secondary N) is 2. The molecule has 0 spiro atoms. The summed E-state index contributed by atoms with van der Waals surface area (Å²) in [6.07, 6.45) is 2.33. The highest BCUT2D eigenvalue weighted by Gasteiger charge is 2.19. The summed E-state index contributed by atoms with van der Waals surface area (Å²) in [5.41, 5.74) is 2.29. The molecule has 1 aliphatic rings. The number of rotatable bonds is 2. The molecular formula is C16H21N3. The summed E-state index contributed by atoms with van der Waals surface area (Å²) >= 11 is 0. The van der Waals surface area contributed by atoms with E-state index in [0.29, 0.717) is 12.1 Å². The van der Waals surface area contributed by atoms with E-state index in [0.717, 1.165) is 30.7 Å². The first-order valence-corrected chi connectivity index (χ1v) is 7.08. The van der Waals surface area contributed by atoms with E-state index in [2.05, 4.69) is 48.7 Å². The molecule has 19 heavy (non-hydrogen) atoms. The van der Waals surface area contributed by atoms with Crippen molar-refractivity contribution in [3.05, 3.63) is 35.9 Å². The van der Waals surface area contributed by atoms with Gasteiger partial charge in [-0.15, -0.1) is 0 Å². The van der Waals surface area contributed by atoms with Crippen LogP contribution in [0.5, 0.6) is 0 Å². The van der Waals surface area contributed by atoms with E-state index in [4.69, 9.17) is 4.98 Å². The van der Waals surface area contributed by atoms with Crippen molar-refractivity contribution < 1.29 is 0 Å². The molecule has 3 heteroatoms. The SMILES string of the molecule is Cc1cc2ccccc2nc1NC1CCNC(C)C1. The topological polar surface area (TPSA) is 37.0 Å². The van der Waals surface area contributed by atoms with Gasteiger partial charge in [-0.3, -0.25) is 0 Å². The number of fused-ring (bicyclic) bond motifs is 1. The summed E-state index contributed by atoms with van der Waals surface area (Å²) in [4.78, 5) is 4.76. The Kier molecular flexibility index (Phi) is 3.38. The Morgan fingerprint density at radius 2 is 2.16 bits per heavy atom. The van der Waals surface area contributed by atoms with Gasteiger partial charge < -0.3 is 10.6 Å². The number of benzene rings is 1. The molecule has 1 saturated heterocycles. The van der Waals surface area contributed by atoms with Crippen LogP contribution in [0.15, 0.2) is 30.3 Å². The lowest BCUT2D eigenvalue weighted by Crippen LogP contribution is -2.41. The normalized spacial score (nSPS) is 23.5. The zero-order chi connectivity index (χ0) is 13.2. The molecule has 1 aromatic heterocycles. The molecular weight excluding hydrogens is 234 g/mol. The lowest BCUT2D eigenvalue weighted by Gasteiger charge is -2.29. The maximum absolute atomic E-state index is 4.76. The van der Waals surface area contributed by atoms with Crippen molar-refractivity contribution in [3.8, 4) is 0 Å². The number of anilines is 1. The number of pyridine rings is 1. The second kappa shape index (κ2) is 5.17. The summed E-state index contributed by atoms with van der Waals surface area (Å²) in [6.45, 7) is 5.46. The Labute approximate surface area is 114 Å². The molecule has 1 aromatic carbocycles. The number of hydrogen-bond donors (Lipinski definition) is 2. The Morgan fingerprint density at radius 3 is 3.00 bits per heavy atom. The van der Waals surface area contributed by atoms with Crippen molar-refractivity contribution >= 4 is 16.7 Å². The highest BCUT2D eigenvalue weighted by molar-refractivity contribution is 5.81. The van der Waals surface area contributed by atoms with E-state index in [1.807, 2.05) is 6.07 Å². The Balaban J connectivity index is 1.85. The van der Waals surface area contributed by atoms with Crippen LogP contribution in [0.1, 0.15) is 25.3 Å². The van der Waals surface area contributed by atoms with Gasteiger partial charge in [0.15, 0.2) is 0 Å². The van der Waals surface area contributed by atoms with Gasteiger partial charge in [0, 0.05) is 17.5 Å². The molecule has 0 saturated carbocycles. The molecule has 1 fully saturated rings. The molecule has 1 aliphatic heterocycles. The average Bonchev–Trinajstić information content (AvgIpc) is 2.40. The summed E-state index contributed by atoms with van der Waals surface area (Å²) in [5, 5.41) is 8.31. The van der Waals surface area contributed by atoms with Crippen molar-refractivity contribution in [1.29, 1.82) is 0 Å². The Bertz CT molecular complexity index is 579. The molecule has 0 amide bonds. The first-order chi connectivity index (χ1) is 9.22. The molecule has 0 bridgehead atoms. The molecule has 100 valence electrons. The van der Waals surface area contributed by atoms with Gasteiger partial charge in [-0.1, -0.05) is 18.2 Å². The van der Waals surface area contributed by atoms with Crippen LogP contribution in [-0.4, -0.2) is 23.6 Å². The second-order valence-electron chi connectivity index (χ2n) is 5.57. The van der Waals surface area contributed by atoms with Gasteiger partial charge in [-0.25, -0.2) is 4.98 Å². The van der Waals surface area contributed by atoms with Crippen LogP contribution in [0.2, 0.25) is 0 Å². The average molecular weight is 255 g/mol. The van der Waals surface area contributed by atoms with Gasteiger partial charge in [-0.05, 0) is 50.9 Å². The third kappa shape index (κ3) is 2.71. The van der Waals surface area contributed by atoms with E-state index in [-0.39, 0.29) is 0 Å². The quantitative estimate of drug-likeness (QED) is 0.866. The predicted molar refractivity (Wildman–Crippen MR) is 80.6 cm³/mol. The molecule has 2 N–H and O–H groups in total. The van der Waals surface area contributed by atoms with Gasteiger partial charge in [-0.2, -0.15) is 0 Å². The van der Waals surface area contributed by atoms with Gasteiger partial charge in [0.25, 0.3) is 0 Å². The van der Waals surface area contributed by atoms with Crippen molar-refractivity contribution in [2.24, 2.45) is 0 Å². The highest BCUT2D eigenvalue weighted by Crippen LogP contribution is 2.22. The van der Waals surface area contributed by atoms with Gasteiger partial charge in [0.1, 0.15) is 5.82 Å². The fourth-order valence-corrected chi connectivity index (χ4v) is 2.82. The summed E-state index contributed by atoms with van der Waals surface area (Å²) in [6, 6.07) is 11.6. The highest BCUT2D eigenvalue weighted by atomic mass is 15.0. The second-order valence-corrected chi connectivity index (χ2v) is 5.57. The molecule has 2 heterocycles. The molecule has 3 rings (SSSR count). The molecule has 3 nitrogen and oxygen atoms in total. The zero-order valence-electron chi connectivity index (χ0n) is 11.6. The number of hydrogen-bond acceptors (Lipinski definition) is 3. The van der Waals surface area contributed by atoms with Crippen LogP contribution >= 0.6 is 0 Å². The number of piperidine rings is 1. The van der Waals surface area contributed by atoms with E-state index in [1.165, 1.54) is 10.9 Å². The summed E-state index contributed by atoms with van der Waals surface area (Å²) in [5.74, 6) is 1.04. The van der Waals surface area contributed by atoms with Crippen LogP contribution in [0.3, 0.4) is 0 Å². The standard InChI is InChI=1S/C16H21N3/c1-11-9-13-5-3-4-6-15(13)19-16(11)18-14-7-8-17-12(2)10-14/h3-6,9,12,14,17H,7-8,10H2,1-2H3,(H,18,19). The molecule has 0 aliphatic carbocycles. The minimum atomic E-state index is 0.531. The van der Waals surface area contributed by atoms with Crippen molar-refractivity contribution in [2.45, 2.75) is 38.8 Å². The van der Waals surface area contributed by atoms with Crippen molar-refractivity contribution in [1.82, 2.24) is 10.3 Å². The van der Waals surface area contributed by atoms with E-state index >= 15 is 0 Å².